The molecule has 0 aromatic heterocycles. The molecule has 2 rings (SSSR count). The van der Waals surface area contributed by atoms with Crippen LogP contribution in [0.3, 0.4) is 0 Å². The van der Waals surface area contributed by atoms with Gasteiger partial charge in [-0.1, -0.05) is 0 Å². The summed E-state index contributed by atoms with van der Waals surface area (Å²) in [6, 6.07) is 11.8. The van der Waals surface area contributed by atoms with Crippen molar-refractivity contribution in [2.24, 2.45) is 0 Å². The molecule has 0 aliphatic rings. The van der Waals surface area contributed by atoms with Gasteiger partial charge in [0.05, 0.1) is 18.0 Å². The second kappa shape index (κ2) is 11.2. The summed E-state index contributed by atoms with van der Waals surface area (Å²) < 4.78 is 69.7. The molecule has 0 unspecified atom stereocenters. The number of sulfonamides is 1. The number of alkyl halides is 3. The number of halogens is 3. The minimum atomic E-state index is -4.26. The molecule has 0 atom stereocenters. The third-order valence-corrected chi connectivity index (χ3v) is 5.69. The van der Waals surface area contributed by atoms with E-state index in [1.165, 1.54) is 31.3 Å². The number of anilines is 1. The number of hydrogen-bond donors (Lipinski definition) is 2. The van der Waals surface area contributed by atoms with E-state index < -0.39 is 28.7 Å². The number of nitrogens with one attached hydrogen (secondary N) is 2. The quantitative estimate of drug-likeness (QED) is 0.488. The fourth-order valence-corrected chi connectivity index (χ4v) is 3.88. The van der Waals surface area contributed by atoms with E-state index in [1.54, 1.807) is 24.3 Å². The molecular weight excluding hydrogens is 447 g/mol. The van der Waals surface area contributed by atoms with Crippen molar-refractivity contribution in [2.75, 3.05) is 38.0 Å². The number of ether oxygens (including phenoxy) is 1. The van der Waals surface area contributed by atoms with Gasteiger partial charge in [-0.3, -0.25) is 14.4 Å². The summed E-state index contributed by atoms with van der Waals surface area (Å²) >= 11 is 0. The first-order valence-electron chi connectivity index (χ1n) is 9.89. The van der Waals surface area contributed by atoms with E-state index in [-0.39, 0.29) is 23.5 Å². The summed E-state index contributed by atoms with van der Waals surface area (Å²) in [5, 5.41) is 2.61. The summed E-state index contributed by atoms with van der Waals surface area (Å²) in [5.41, 5.74) is 0.611. The van der Waals surface area contributed by atoms with Crippen molar-refractivity contribution in [3.05, 3.63) is 54.1 Å². The van der Waals surface area contributed by atoms with Gasteiger partial charge < -0.3 is 10.1 Å². The van der Waals surface area contributed by atoms with E-state index in [1.807, 2.05) is 6.92 Å². The van der Waals surface area contributed by atoms with Crippen LogP contribution in [0.5, 0.6) is 5.75 Å². The largest absolute Gasteiger partial charge is 0.494 e. The molecule has 0 heterocycles. The highest BCUT2D eigenvalue weighted by Gasteiger charge is 2.28. The van der Waals surface area contributed by atoms with Gasteiger partial charge in [-0.05, 0) is 75.5 Å². The van der Waals surface area contributed by atoms with Crippen LogP contribution < -0.4 is 14.8 Å². The third-order valence-electron chi connectivity index (χ3n) is 4.30. The Labute approximate surface area is 185 Å². The zero-order valence-corrected chi connectivity index (χ0v) is 18.6. The van der Waals surface area contributed by atoms with Crippen molar-refractivity contribution in [1.29, 1.82) is 0 Å². The van der Waals surface area contributed by atoms with Crippen molar-refractivity contribution in [3.63, 3.8) is 0 Å². The van der Waals surface area contributed by atoms with Crippen molar-refractivity contribution < 1.29 is 31.1 Å². The molecule has 7 nitrogen and oxygen atoms in total. The lowest BCUT2D eigenvalue weighted by molar-refractivity contribution is -0.143. The fourth-order valence-electron chi connectivity index (χ4n) is 2.82. The highest BCUT2D eigenvalue weighted by atomic mass is 32.2. The summed E-state index contributed by atoms with van der Waals surface area (Å²) in [7, 11) is -2.49. The van der Waals surface area contributed by atoms with Gasteiger partial charge in [-0.15, -0.1) is 0 Å². The maximum atomic E-state index is 12.5. The summed E-state index contributed by atoms with van der Waals surface area (Å²) in [6.45, 7) is 1.70. The Morgan fingerprint density at radius 2 is 1.69 bits per heavy atom. The molecule has 11 heteroatoms. The minimum absolute atomic E-state index is 0.0169. The Balaban J connectivity index is 1.87. The normalized spacial score (nSPS) is 11.9. The van der Waals surface area contributed by atoms with Crippen LogP contribution in [0.4, 0.5) is 18.9 Å². The molecule has 0 radical (unpaired) electrons. The fraction of sp³-hybridized carbons (Fsp3) is 0.381. The van der Waals surface area contributed by atoms with Gasteiger partial charge in [0.2, 0.25) is 0 Å². The van der Waals surface area contributed by atoms with E-state index in [2.05, 4.69) is 10.0 Å². The average Bonchev–Trinajstić information content (AvgIpc) is 2.71. The molecule has 2 aromatic rings. The second-order valence-electron chi connectivity index (χ2n) is 7.05. The molecule has 0 saturated carbocycles. The molecule has 176 valence electrons. The van der Waals surface area contributed by atoms with Crippen molar-refractivity contribution in [3.8, 4) is 5.75 Å². The first kappa shape index (κ1) is 25.5. The number of amides is 1. The SMILES string of the molecule is CCOc1ccc(NS(=O)(=O)c2ccc(C(=O)NCCCN(C)CC(F)(F)F)cc2)cc1. The number of carbonyl (C=O) groups excluding carboxylic acids is 1. The summed E-state index contributed by atoms with van der Waals surface area (Å²) in [6.07, 6.45) is -3.92. The van der Waals surface area contributed by atoms with Crippen LogP contribution in [0.1, 0.15) is 23.7 Å². The first-order valence-corrected chi connectivity index (χ1v) is 11.4. The van der Waals surface area contributed by atoms with Crippen molar-refractivity contribution in [1.82, 2.24) is 10.2 Å². The second-order valence-corrected chi connectivity index (χ2v) is 8.73. The lowest BCUT2D eigenvalue weighted by atomic mass is 10.2. The molecule has 0 fully saturated rings. The standard InChI is InChI=1S/C21H26F3N3O4S/c1-3-31-18-9-7-17(8-10-18)26-32(29,30)19-11-5-16(6-12-19)20(28)25-13-4-14-27(2)15-21(22,23)24/h5-12,26H,3-4,13-15H2,1-2H3,(H,25,28). The van der Waals surface area contributed by atoms with Gasteiger partial charge in [0, 0.05) is 17.8 Å². The van der Waals surface area contributed by atoms with Crippen LogP contribution in [0.25, 0.3) is 0 Å². The highest BCUT2D eigenvalue weighted by molar-refractivity contribution is 7.92. The molecular formula is C21H26F3N3O4S. The van der Waals surface area contributed by atoms with E-state index in [0.29, 0.717) is 24.5 Å². The van der Waals surface area contributed by atoms with Crippen LogP contribution in [0, 0.1) is 0 Å². The van der Waals surface area contributed by atoms with Gasteiger partial charge in [0.15, 0.2) is 0 Å². The Kier molecular flexibility index (Phi) is 8.90. The Hall–Kier alpha value is -2.79. The topological polar surface area (TPSA) is 87.7 Å². The van der Waals surface area contributed by atoms with Crippen LogP contribution in [-0.4, -0.2) is 58.7 Å². The van der Waals surface area contributed by atoms with Crippen molar-refractivity contribution in [2.45, 2.75) is 24.4 Å². The number of benzene rings is 2. The third kappa shape index (κ3) is 8.39. The molecule has 2 aromatic carbocycles. The van der Waals surface area contributed by atoms with Gasteiger partial charge in [0.25, 0.3) is 15.9 Å². The van der Waals surface area contributed by atoms with Gasteiger partial charge in [-0.2, -0.15) is 13.2 Å². The maximum absolute atomic E-state index is 12.5. The number of hydrogen-bond acceptors (Lipinski definition) is 5. The minimum Gasteiger partial charge on any atom is -0.494 e. The molecule has 2 N–H and O–H groups in total. The average molecular weight is 474 g/mol. The first-order chi connectivity index (χ1) is 15.0. The molecule has 0 aliphatic carbocycles. The predicted molar refractivity (Wildman–Crippen MR) is 115 cm³/mol. The van der Waals surface area contributed by atoms with Gasteiger partial charge in [0.1, 0.15) is 5.75 Å². The molecule has 0 saturated heterocycles. The maximum Gasteiger partial charge on any atom is 0.401 e. The highest BCUT2D eigenvalue weighted by Crippen LogP contribution is 2.20. The van der Waals surface area contributed by atoms with Gasteiger partial charge >= 0.3 is 6.18 Å². The molecule has 32 heavy (non-hydrogen) atoms. The summed E-state index contributed by atoms with van der Waals surface area (Å²) in [4.78, 5) is 13.3. The van der Waals surface area contributed by atoms with Crippen LogP contribution in [0.2, 0.25) is 0 Å². The molecule has 1 amide bonds. The predicted octanol–water partition coefficient (Wildman–Crippen LogP) is 3.50. The summed E-state index contributed by atoms with van der Waals surface area (Å²) in [5.74, 6) is 0.185. The lowest BCUT2D eigenvalue weighted by Gasteiger charge is -2.18. The number of rotatable bonds is 11. The van der Waals surface area contributed by atoms with Gasteiger partial charge in [-0.25, -0.2) is 8.42 Å². The Morgan fingerprint density at radius 3 is 2.25 bits per heavy atom. The Morgan fingerprint density at radius 1 is 1.06 bits per heavy atom. The van der Waals surface area contributed by atoms with E-state index in [0.717, 1.165) is 4.90 Å². The van der Waals surface area contributed by atoms with E-state index >= 15 is 0 Å². The molecule has 0 bridgehead atoms. The monoisotopic (exact) mass is 473 g/mol. The number of carbonyl (C=O) groups is 1. The van der Waals surface area contributed by atoms with Crippen LogP contribution >= 0.6 is 0 Å². The van der Waals surface area contributed by atoms with Crippen molar-refractivity contribution >= 4 is 21.6 Å². The zero-order chi connectivity index (χ0) is 23.8. The van der Waals surface area contributed by atoms with Crippen LogP contribution in [-0.2, 0) is 10.0 Å². The van der Waals surface area contributed by atoms with E-state index in [4.69, 9.17) is 4.74 Å². The zero-order valence-electron chi connectivity index (χ0n) is 17.8. The van der Waals surface area contributed by atoms with E-state index in [9.17, 15) is 26.4 Å². The smallest absolute Gasteiger partial charge is 0.401 e. The molecule has 0 spiro atoms. The Bertz CT molecular complexity index is 979. The number of nitrogens with zero attached hydrogens (tertiary/aromatic N) is 1. The van der Waals surface area contributed by atoms with Crippen LogP contribution in [0.15, 0.2) is 53.4 Å². The lowest BCUT2D eigenvalue weighted by Crippen LogP contribution is -2.33. The molecule has 0 aliphatic heterocycles.